The summed E-state index contributed by atoms with van der Waals surface area (Å²) in [6, 6.07) is -0.808. The van der Waals surface area contributed by atoms with E-state index in [1.165, 1.54) is 276 Å². The Morgan fingerprint density at radius 3 is 1.16 bits per heavy atom. The van der Waals surface area contributed by atoms with Crippen molar-refractivity contribution in [1.29, 1.82) is 0 Å². The number of unbranched alkanes of at least 4 members (excludes halogenated alkanes) is 47. The SMILES string of the molecule is CCCCCCCC/C=C\CCCCCCCC(=O)OCCCCCCCCCCCCC/C=C\C/C=C\CCCCCCCCCCCCCCCCCCCC(=O)NC(COC1OC(CO)C(O)C(O)C1O)C(O)/C=C/CCCCCCCCCC. The molecule has 11 heteroatoms. The van der Waals surface area contributed by atoms with E-state index >= 15 is 0 Å². The molecule has 88 heavy (non-hydrogen) atoms. The number of rotatable bonds is 67. The van der Waals surface area contributed by atoms with Gasteiger partial charge in [-0.2, -0.15) is 0 Å². The molecule has 0 aromatic carbocycles. The monoisotopic (exact) mass is 1240 g/mol. The van der Waals surface area contributed by atoms with E-state index in [9.17, 15) is 35.1 Å². The molecule has 0 aromatic heterocycles. The molecule has 516 valence electrons. The van der Waals surface area contributed by atoms with Gasteiger partial charge in [-0.15, -0.1) is 0 Å². The van der Waals surface area contributed by atoms with Crippen molar-refractivity contribution in [2.45, 2.75) is 410 Å². The third-order valence-electron chi connectivity index (χ3n) is 17.9. The number of carbonyl (C=O) groups is 2. The number of esters is 1. The fourth-order valence-corrected chi connectivity index (χ4v) is 11.9. The molecule has 1 saturated heterocycles. The molecule has 7 atom stereocenters. The molecule has 0 aromatic rings. The molecular formula is C77H143NO10. The van der Waals surface area contributed by atoms with Crippen molar-refractivity contribution < 1.29 is 49.3 Å². The Morgan fingerprint density at radius 2 is 0.761 bits per heavy atom. The fourth-order valence-electron chi connectivity index (χ4n) is 11.9. The molecular weight excluding hydrogens is 1100 g/mol. The molecule has 1 amide bonds. The van der Waals surface area contributed by atoms with Crippen molar-refractivity contribution in [1.82, 2.24) is 5.32 Å². The summed E-state index contributed by atoms with van der Waals surface area (Å²) in [6.07, 6.45) is 77.1. The molecule has 11 nitrogen and oxygen atoms in total. The van der Waals surface area contributed by atoms with Crippen molar-refractivity contribution in [2.24, 2.45) is 0 Å². The van der Waals surface area contributed by atoms with Gasteiger partial charge in [0, 0.05) is 12.8 Å². The van der Waals surface area contributed by atoms with E-state index in [0.29, 0.717) is 19.4 Å². The van der Waals surface area contributed by atoms with Crippen molar-refractivity contribution >= 4 is 11.9 Å². The summed E-state index contributed by atoms with van der Waals surface area (Å²) in [5.74, 6) is -0.177. The molecule has 1 fully saturated rings. The zero-order valence-electron chi connectivity index (χ0n) is 57.4. The van der Waals surface area contributed by atoms with Gasteiger partial charge in [0.15, 0.2) is 6.29 Å². The fraction of sp³-hybridized carbons (Fsp3) is 0.870. The lowest BCUT2D eigenvalue weighted by molar-refractivity contribution is -0.302. The second kappa shape index (κ2) is 66.1. The predicted molar refractivity (Wildman–Crippen MR) is 370 cm³/mol. The Balaban J connectivity index is 1.90. The molecule has 6 N–H and O–H groups in total. The Morgan fingerprint density at radius 1 is 0.420 bits per heavy atom. The maximum Gasteiger partial charge on any atom is 0.305 e. The lowest BCUT2D eigenvalue weighted by atomic mass is 9.99. The average molecular weight is 1240 g/mol. The largest absolute Gasteiger partial charge is 0.466 e. The van der Waals surface area contributed by atoms with Crippen molar-refractivity contribution in [2.75, 3.05) is 19.8 Å². The smallest absolute Gasteiger partial charge is 0.305 e. The summed E-state index contributed by atoms with van der Waals surface area (Å²) >= 11 is 0. The maximum atomic E-state index is 13.0. The second-order valence-corrected chi connectivity index (χ2v) is 26.3. The Kier molecular flexibility index (Phi) is 62.8. The third-order valence-corrected chi connectivity index (χ3v) is 17.9. The van der Waals surface area contributed by atoms with Crippen LogP contribution >= 0.6 is 0 Å². The molecule has 1 rings (SSSR count). The number of carbonyl (C=O) groups excluding carboxylic acids is 2. The quantitative estimate of drug-likeness (QED) is 0.0195. The highest BCUT2D eigenvalue weighted by atomic mass is 16.7. The number of amides is 1. The highest BCUT2D eigenvalue weighted by Gasteiger charge is 2.44. The highest BCUT2D eigenvalue weighted by molar-refractivity contribution is 5.76. The third kappa shape index (κ3) is 54.2. The van der Waals surface area contributed by atoms with Crippen LogP contribution in [0.1, 0.15) is 367 Å². The molecule has 1 aliphatic rings. The van der Waals surface area contributed by atoms with Gasteiger partial charge in [-0.3, -0.25) is 9.59 Å². The zero-order chi connectivity index (χ0) is 63.7. The van der Waals surface area contributed by atoms with Gasteiger partial charge in [-0.05, 0) is 89.9 Å². The predicted octanol–water partition coefficient (Wildman–Crippen LogP) is 19.9. The lowest BCUT2D eigenvalue weighted by Crippen LogP contribution is -2.60. The van der Waals surface area contributed by atoms with E-state index in [4.69, 9.17) is 14.2 Å². The zero-order valence-corrected chi connectivity index (χ0v) is 57.4. The van der Waals surface area contributed by atoms with Gasteiger partial charge in [0.1, 0.15) is 24.4 Å². The minimum Gasteiger partial charge on any atom is -0.466 e. The van der Waals surface area contributed by atoms with Gasteiger partial charge in [0.05, 0.1) is 32.0 Å². The van der Waals surface area contributed by atoms with Crippen LogP contribution in [0.25, 0.3) is 0 Å². The summed E-state index contributed by atoms with van der Waals surface area (Å²) in [6.45, 7) is 4.35. The summed E-state index contributed by atoms with van der Waals surface area (Å²) in [4.78, 5) is 25.1. The number of nitrogens with one attached hydrogen (secondary N) is 1. The number of ether oxygens (including phenoxy) is 3. The molecule has 0 spiro atoms. The normalized spacial score (nSPS) is 18.0. The summed E-state index contributed by atoms with van der Waals surface area (Å²) in [7, 11) is 0. The van der Waals surface area contributed by atoms with E-state index in [2.05, 4.69) is 55.6 Å². The molecule has 1 aliphatic heterocycles. The molecule has 7 unspecified atom stereocenters. The van der Waals surface area contributed by atoms with Crippen LogP contribution in [0.2, 0.25) is 0 Å². The first-order chi connectivity index (χ1) is 43.2. The lowest BCUT2D eigenvalue weighted by Gasteiger charge is -2.40. The average Bonchev–Trinajstić information content (AvgIpc) is 3.63. The number of allylic oxidation sites excluding steroid dienone is 7. The Bertz CT molecular complexity index is 1600. The molecule has 1 heterocycles. The number of hydrogen-bond acceptors (Lipinski definition) is 10. The van der Waals surface area contributed by atoms with Crippen molar-refractivity contribution in [3.8, 4) is 0 Å². The minimum absolute atomic E-state index is 0.00234. The second-order valence-electron chi connectivity index (χ2n) is 26.3. The minimum atomic E-state index is -1.57. The van der Waals surface area contributed by atoms with Gasteiger partial charge in [0.2, 0.25) is 5.91 Å². The van der Waals surface area contributed by atoms with E-state index in [0.717, 1.165) is 64.2 Å². The Labute approximate surface area is 542 Å². The van der Waals surface area contributed by atoms with Crippen LogP contribution in [0, 0.1) is 0 Å². The van der Waals surface area contributed by atoms with Crippen molar-refractivity contribution in [3.63, 3.8) is 0 Å². The van der Waals surface area contributed by atoms with Crippen LogP contribution in [0.15, 0.2) is 48.6 Å². The standard InChI is InChI=1S/C77H143NO10/c1-3-5-7-9-11-13-15-16-38-42-45-49-53-57-61-65-73(82)86-66-62-58-54-50-46-43-40-37-35-33-31-29-27-25-23-21-19-17-18-20-22-24-26-28-30-32-34-36-39-41-44-48-52-56-60-64-72(81)78-69(68-87-77-76(85)75(84)74(83)71(67-79)88-77)70(80)63-59-55-51-47-14-12-10-8-6-4-2/h16,19,21,25,27,38,59,63,69-71,74-77,79-80,83-85H,3-15,17-18,20,22-24,26,28-37,39-58,60-62,64-68H2,1-2H3,(H,78,81)/b21-19-,27-25-,38-16-,63-59+. The summed E-state index contributed by atoms with van der Waals surface area (Å²) in [5.41, 5.74) is 0. The summed E-state index contributed by atoms with van der Waals surface area (Å²) in [5, 5.41) is 54.4. The topological polar surface area (TPSA) is 175 Å². The van der Waals surface area contributed by atoms with E-state index in [1.807, 2.05) is 6.08 Å². The van der Waals surface area contributed by atoms with Crippen LogP contribution in [0.5, 0.6) is 0 Å². The first-order valence-electron chi connectivity index (χ1n) is 37.9. The number of hydrogen-bond donors (Lipinski definition) is 6. The number of aliphatic hydroxyl groups excluding tert-OH is 5. The maximum absolute atomic E-state index is 13.0. The van der Waals surface area contributed by atoms with Gasteiger partial charge >= 0.3 is 5.97 Å². The van der Waals surface area contributed by atoms with Crippen LogP contribution < -0.4 is 5.32 Å². The van der Waals surface area contributed by atoms with E-state index in [1.54, 1.807) is 6.08 Å². The Hall–Kier alpha value is -2.38. The van der Waals surface area contributed by atoms with Gasteiger partial charge in [0.25, 0.3) is 0 Å². The molecule has 0 radical (unpaired) electrons. The van der Waals surface area contributed by atoms with E-state index < -0.39 is 49.5 Å². The van der Waals surface area contributed by atoms with Gasteiger partial charge in [-0.25, -0.2) is 0 Å². The van der Waals surface area contributed by atoms with Crippen molar-refractivity contribution in [3.05, 3.63) is 48.6 Å². The van der Waals surface area contributed by atoms with Gasteiger partial charge in [-0.1, -0.05) is 313 Å². The molecule has 0 saturated carbocycles. The van der Waals surface area contributed by atoms with Crippen LogP contribution in [0.4, 0.5) is 0 Å². The molecule has 0 aliphatic carbocycles. The van der Waals surface area contributed by atoms with Crippen LogP contribution in [-0.2, 0) is 23.8 Å². The van der Waals surface area contributed by atoms with Crippen LogP contribution in [-0.4, -0.2) is 100 Å². The first-order valence-corrected chi connectivity index (χ1v) is 37.9. The molecule has 0 bridgehead atoms. The first kappa shape index (κ1) is 83.6. The number of aliphatic hydroxyl groups is 5. The van der Waals surface area contributed by atoms with Gasteiger partial charge < -0.3 is 45.1 Å². The van der Waals surface area contributed by atoms with Crippen LogP contribution in [0.3, 0.4) is 0 Å². The highest BCUT2D eigenvalue weighted by Crippen LogP contribution is 2.23. The van der Waals surface area contributed by atoms with E-state index in [-0.39, 0.29) is 18.5 Å². The summed E-state index contributed by atoms with van der Waals surface area (Å²) < 4.78 is 16.7.